The lowest BCUT2D eigenvalue weighted by Gasteiger charge is -2.17. The molecular weight excluding hydrogens is 352 g/mol. The van der Waals surface area contributed by atoms with Gasteiger partial charge in [0.15, 0.2) is 0 Å². The molecule has 0 aliphatic rings. The van der Waals surface area contributed by atoms with Crippen LogP contribution in [0.4, 0.5) is 0 Å². The van der Waals surface area contributed by atoms with Gasteiger partial charge in [-0.15, -0.1) is 0 Å². The molecule has 3 rings (SSSR count). The van der Waals surface area contributed by atoms with Crippen LogP contribution in [0.5, 0.6) is 5.75 Å². The highest BCUT2D eigenvalue weighted by Crippen LogP contribution is 2.28. The number of para-hydroxylation sites is 1. The number of hydrogen-bond acceptors (Lipinski definition) is 4. The molecule has 0 aliphatic carbocycles. The third kappa shape index (κ3) is 4.34. The molecule has 148 valence electrons. The molecule has 0 aliphatic heterocycles. The number of imidazole rings is 1. The van der Waals surface area contributed by atoms with Gasteiger partial charge in [0.05, 0.1) is 5.52 Å². The van der Waals surface area contributed by atoms with E-state index in [0.717, 1.165) is 37.2 Å². The number of aryl methyl sites for hydroxylation is 1. The quantitative estimate of drug-likeness (QED) is 0.521. The summed E-state index contributed by atoms with van der Waals surface area (Å²) in [5.41, 5.74) is 3.84. The molecule has 1 amide bonds. The number of phenols is 1. The lowest BCUT2D eigenvalue weighted by Crippen LogP contribution is -2.29. The minimum absolute atomic E-state index is 0.0588. The van der Waals surface area contributed by atoms with Crippen molar-refractivity contribution in [3.05, 3.63) is 47.5 Å². The second-order valence-electron chi connectivity index (χ2n) is 6.92. The van der Waals surface area contributed by atoms with Crippen molar-refractivity contribution < 1.29 is 9.90 Å². The zero-order chi connectivity index (χ0) is 20.1. The molecule has 3 aromatic rings. The predicted octanol–water partition coefficient (Wildman–Crippen LogP) is 3.71. The fourth-order valence-corrected chi connectivity index (χ4v) is 3.36. The van der Waals surface area contributed by atoms with E-state index in [1.807, 2.05) is 31.2 Å². The number of aromatic nitrogens is 2. The number of hydrogen-bond donors (Lipinski definition) is 3. The Balaban J connectivity index is 1.68. The third-order valence-corrected chi connectivity index (χ3v) is 5.07. The van der Waals surface area contributed by atoms with Crippen LogP contribution in [0.1, 0.15) is 36.2 Å². The van der Waals surface area contributed by atoms with Crippen molar-refractivity contribution in [2.75, 3.05) is 26.2 Å². The number of carbonyl (C=O) groups excluding carboxylic acids is 1. The summed E-state index contributed by atoms with van der Waals surface area (Å²) < 4.78 is 0. The van der Waals surface area contributed by atoms with Gasteiger partial charge >= 0.3 is 0 Å². The number of nitrogens with zero attached hydrogens (tertiary/aromatic N) is 2. The van der Waals surface area contributed by atoms with Crippen molar-refractivity contribution in [2.45, 2.75) is 27.2 Å². The summed E-state index contributed by atoms with van der Waals surface area (Å²) in [5, 5.41) is 13.0. The molecule has 28 heavy (non-hydrogen) atoms. The van der Waals surface area contributed by atoms with Crippen LogP contribution in [0.2, 0.25) is 0 Å². The van der Waals surface area contributed by atoms with Crippen LogP contribution in [0, 0.1) is 6.92 Å². The Labute approximate surface area is 165 Å². The van der Waals surface area contributed by atoms with Crippen LogP contribution in [0.3, 0.4) is 0 Å². The number of nitrogens with one attached hydrogen (secondary N) is 2. The highest BCUT2D eigenvalue weighted by atomic mass is 16.3. The molecule has 6 nitrogen and oxygen atoms in total. The van der Waals surface area contributed by atoms with Crippen LogP contribution in [-0.2, 0) is 0 Å². The lowest BCUT2D eigenvalue weighted by molar-refractivity contribution is 0.0951. The van der Waals surface area contributed by atoms with Crippen molar-refractivity contribution in [2.24, 2.45) is 0 Å². The zero-order valence-electron chi connectivity index (χ0n) is 16.7. The van der Waals surface area contributed by atoms with Gasteiger partial charge in [-0.3, -0.25) is 4.79 Å². The van der Waals surface area contributed by atoms with Gasteiger partial charge in [0.25, 0.3) is 5.91 Å². The normalized spacial score (nSPS) is 11.3. The Kier molecular flexibility index (Phi) is 6.31. The maximum Gasteiger partial charge on any atom is 0.251 e. The molecule has 0 unspecified atom stereocenters. The number of H-pyrrole nitrogens is 1. The van der Waals surface area contributed by atoms with Gasteiger partial charge in [0.2, 0.25) is 0 Å². The number of aromatic amines is 1. The zero-order valence-corrected chi connectivity index (χ0v) is 16.7. The average Bonchev–Trinajstić information content (AvgIpc) is 3.13. The van der Waals surface area contributed by atoms with Gasteiger partial charge in [0.1, 0.15) is 17.1 Å². The van der Waals surface area contributed by atoms with E-state index in [4.69, 9.17) is 0 Å². The number of phenolic OH excluding ortho intramolecular Hbond substituents is 1. The van der Waals surface area contributed by atoms with Gasteiger partial charge in [-0.2, -0.15) is 0 Å². The SMILES string of the molecule is CCN(CC)CCCNC(=O)c1ccc(-c2nc3cccc(O)c3[nH]2)c(C)c1. The summed E-state index contributed by atoms with van der Waals surface area (Å²) in [6.45, 7) is 9.98. The number of aromatic hydroxyl groups is 1. The molecule has 2 aromatic carbocycles. The number of carbonyl (C=O) groups is 1. The maximum atomic E-state index is 12.4. The molecule has 1 aromatic heterocycles. The van der Waals surface area contributed by atoms with E-state index in [1.54, 1.807) is 12.1 Å². The van der Waals surface area contributed by atoms with E-state index in [0.29, 0.717) is 29.0 Å². The number of fused-ring (bicyclic) bond motifs is 1. The Morgan fingerprint density at radius 3 is 2.68 bits per heavy atom. The average molecular weight is 380 g/mol. The molecule has 0 saturated heterocycles. The Bertz CT molecular complexity index is 960. The largest absolute Gasteiger partial charge is 0.506 e. The molecule has 6 heteroatoms. The first-order chi connectivity index (χ1) is 13.5. The second-order valence-corrected chi connectivity index (χ2v) is 6.92. The number of amides is 1. The summed E-state index contributed by atoms with van der Waals surface area (Å²) in [6.07, 6.45) is 0.937. The minimum Gasteiger partial charge on any atom is -0.506 e. The molecule has 3 N–H and O–H groups in total. The van der Waals surface area contributed by atoms with E-state index in [1.165, 1.54) is 0 Å². The van der Waals surface area contributed by atoms with E-state index < -0.39 is 0 Å². The summed E-state index contributed by atoms with van der Waals surface area (Å²) >= 11 is 0. The van der Waals surface area contributed by atoms with Crippen LogP contribution in [0.15, 0.2) is 36.4 Å². The van der Waals surface area contributed by atoms with Gasteiger partial charge in [0, 0.05) is 17.7 Å². The van der Waals surface area contributed by atoms with Crippen molar-refractivity contribution >= 4 is 16.9 Å². The van der Waals surface area contributed by atoms with Crippen LogP contribution in [-0.4, -0.2) is 52.1 Å². The molecule has 0 radical (unpaired) electrons. The van der Waals surface area contributed by atoms with Gasteiger partial charge in [-0.25, -0.2) is 4.98 Å². The summed E-state index contributed by atoms with van der Waals surface area (Å²) in [6, 6.07) is 10.8. The van der Waals surface area contributed by atoms with E-state index >= 15 is 0 Å². The van der Waals surface area contributed by atoms with Gasteiger partial charge in [-0.05, 0) is 62.8 Å². The number of rotatable bonds is 8. The van der Waals surface area contributed by atoms with Crippen molar-refractivity contribution in [1.29, 1.82) is 0 Å². The molecule has 0 atom stereocenters. The molecule has 0 fully saturated rings. The van der Waals surface area contributed by atoms with E-state index in [9.17, 15) is 9.90 Å². The summed E-state index contributed by atoms with van der Waals surface area (Å²) in [4.78, 5) is 22.5. The van der Waals surface area contributed by atoms with Crippen LogP contribution < -0.4 is 5.32 Å². The maximum absolute atomic E-state index is 12.4. The Hall–Kier alpha value is -2.86. The smallest absolute Gasteiger partial charge is 0.251 e. The predicted molar refractivity (Wildman–Crippen MR) is 113 cm³/mol. The van der Waals surface area contributed by atoms with Gasteiger partial charge < -0.3 is 20.3 Å². The molecule has 0 spiro atoms. The topological polar surface area (TPSA) is 81.2 Å². The standard InChI is InChI=1S/C22H28N4O2/c1-4-26(5-2)13-7-12-23-22(28)16-10-11-17(15(3)14-16)21-24-18-8-6-9-19(27)20(18)25-21/h6,8-11,14,27H,4-5,7,12-13H2,1-3H3,(H,23,28)(H,24,25). The third-order valence-electron chi connectivity index (χ3n) is 5.07. The minimum atomic E-state index is -0.0588. The van der Waals surface area contributed by atoms with Crippen LogP contribution >= 0.6 is 0 Å². The van der Waals surface area contributed by atoms with Crippen molar-refractivity contribution in [3.8, 4) is 17.1 Å². The highest BCUT2D eigenvalue weighted by molar-refractivity contribution is 5.95. The highest BCUT2D eigenvalue weighted by Gasteiger charge is 2.13. The van der Waals surface area contributed by atoms with Crippen molar-refractivity contribution in [3.63, 3.8) is 0 Å². The Morgan fingerprint density at radius 2 is 2.00 bits per heavy atom. The second kappa shape index (κ2) is 8.89. The fourth-order valence-electron chi connectivity index (χ4n) is 3.36. The first kappa shape index (κ1) is 19.9. The first-order valence-corrected chi connectivity index (χ1v) is 9.82. The molecular formula is C22H28N4O2. The monoisotopic (exact) mass is 380 g/mol. The number of benzene rings is 2. The molecule has 0 bridgehead atoms. The van der Waals surface area contributed by atoms with Crippen LogP contribution in [0.25, 0.3) is 22.4 Å². The lowest BCUT2D eigenvalue weighted by atomic mass is 10.0. The molecule has 0 saturated carbocycles. The fraction of sp³-hybridized carbons (Fsp3) is 0.364. The van der Waals surface area contributed by atoms with E-state index in [2.05, 4.69) is 34.0 Å². The Morgan fingerprint density at radius 1 is 1.21 bits per heavy atom. The summed E-state index contributed by atoms with van der Waals surface area (Å²) in [7, 11) is 0. The van der Waals surface area contributed by atoms with E-state index in [-0.39, 0.29) is 11.7 Å². The first-order valence-electron chi connectivity index (χ1n) is 9.82. The summed E-state index contributed by atoms with van der Waals surface area (Å²) in [5.74, 6) is 0.797. The molecule has 1 heterocycles. The van der Waals surface area contributed by atoms with Gasteiger partial charge in [-0.1, -0.05) is 26.0 Å². The van der Waals surface area contributed by atoms with Crippen molar-refractivity contribution in [1.82, 2.24) is 20.2 Å².